The molecule has 2 aliphatic heterocycles. The second-order valence-corrected chi connectivity index (χ2v) is 8.12. The first-order valence-corrected chi connectivity index (χ1v) is 11.1. The van der Waals surface area contributed by atoms with Crippen molar-refractivity contribution in [3.63, 3.8) is 0 Å². The van der Waals surface area contributed by atoms with Crippen LogP contribution in [-0.2, 0) is 27.4 Å². The standard InChI is InChI=1S/C24H29N3O5/c1-3-18(16-8-5-4-6-9-16)25-22(28)17-14-20(26-12-13-32-15-21(17)26)23(29)27-11-7-10-19(27)24(30)31-2/h4-6,8-9,14,18-19H,3,7,10-13,15H2,1-2H3,(H,25,28)/t18-,19-/m1/s1. The zero-order chi connectivity index (χ0) is 22.7. The maximum Gasteiger partial charge on any atom is 0.328 e. The monoisotopic (exact) mass is 439 g/mol. The van der Waals surface area contributed by atoms with Crippen LogP contribution in [0.25, 0.3) is 0 Å². The minimum Gasteiger partial charge on any atom is -0.467 e. The SMILES string of the molecule is CC[C@@H](NC(=O)c1cc(C(=O)N2CCC[C@@H]2C(=O)OC)n2c1COCC2)c1ccccc1. The predicted octanol–water partition coefficient (Wildman–Crippen LogP) is 2.68. The molecule has 4 rings (SSSR count). The number of carbonyl (C=O) groups excluding carboxylic acids is 3. The van der Waals surface area contributed by atoms with E-state index in [0.717, 1.165) is 18.4 Å². The number of aromatic nitrogens is 1. The molecule has 0 aliphatic carbocycles. The normalized spacial score (nSPS) is 18.7. The maximum absolute atomic E-state index is 13.4. The first-order valence-electron chi connectivity index (χ1n) is 11.1. The molecule has 2 atom stereocenters. The molecule has 0 bridgehead atoms. The Bertz CT molecular complexity index is 1000. The van der Waals surface area contributed by atoms with Crippen LogP contribution < -0.4 is 5.32 Å². The van der Waals surface area contributed by atoms with Gasteiger partial charge in [-0.05, 0) is 30.9 Å². The van der Waals surface area contributed by atoms with Gasteiger partial charge in [-0.15, -0.1) is 0 Å². The summed E-state index contributed by atoms with van der Waals surface area (Å²) in [4.78, 5) is 40.4. The van der Waals surface area contributed by atoms with Gasteiger partial charge in [-0.1, -0.05) is 37.3 Å². The molecule has 2 amide bonds. The molecule has 32 heavy (non-hydrogen) atoms. The van der Waals surface area contributed by atoms with Gasteiger partial charge in [-0.3, -0.25) is 9.59 Å². The van der Waals surface area contributed by atoms with Gasteiger partial charge in [0.2, 0.25) is 0 Å². The fourth-order valence-corrected chi connectivity index (χ4v) is 4.58. The first-order chi connectivity index (χ1) is 15.5. The highest BCUT2D eigenvalue weighted by molar-refractivity contribution is 6.02. The lowest BCUT2D eigenvalue weighted by Gasteiger charge is -2.25. The molecule has 1 N–H and O–H groups in total. The van der Waals surface area contributed by atoms with E-state index in [0.29, 0.717) is 43.1 Å². The van der Waals surface area contributed by atoms with Gasteiger partial charge in [0, 0.05) is 13.1 Å². The summed E-state index contributed by atoms with van der Waals surface area (Å²) in [6, 6.07) is 10.7. The van der Waals surface area contributed by atoms with Gasteiger partial charge in [0.25, 0.3) is 11.8 Å². The van der Waals surface area contributed by atoms with Gasteiger partial charge in [-0.2, -0.15) is 0 Å². The van der Waals surface area contributed by atoms with E-state index in [1.165, 1.54) is 7.11 Å². The third-order valence-corrected chi connectivity index (χ3v) is 6.27. The van der Waals surface area contributed by atoms with Crippen LogP contribution in [0.5, 0.6) is 0 Å². The number of methoxy groups -OCH3 is 1. The molecule has 0 radical (unpaired) electrons. The summed E-state index contributed by atoms with van der Waals surface area (Å²) < 4.78 is 12.3. The van der Waals surface area contributed by atoms with Crippen LogP contribution >= 0.6 is 0 Å². The average Bonchev–Trinajstić information content (AvgIpc) is 3.47. The first kappa shape index (κ1) is 22.1. The summed E-state index contributed by atoms with van der Waals surface area (Å²) in [5.74, 6) is -0.897. The van der Waals surface area contributed by atoms with E-state index in [1.807, 2.05) is 41.8 Å². The highest BCUT2D eigenvalue weighted by atomic mass is 16.5. The average molecular weight is 440 g/mol. The molecule has 2 aromatic rings. The Morgan fingerprint density at radius 2 is 2.00 bits per heavy atom. The Morgan fingerprint density at radius 1 is 1.22 bits per heavy atom. The number of benzene rings is 1. The van der Waals surface area contributed by atoms with Crippen LogP contribution in [0.3, 0.4) is 0 Å². The Labute approximate surface area is 187 Å². The molecule has 1 aromatic carbocycles. The summed E-state index contributed by atoms with van der Waals surface area (Å²) in [5, 5.41) is 3.10. The summed E-state index contributed by atoms with van der Waals surface area (Å²) in [5.41, 5.74) is 2.57. The van der Waals surface area contributed by atoms with Crippen molar-refractivity contribution in [3.05, 3.63) is 58.9 Å². The number of fused-ring (bicyclic) bond motifs is 1. The number of hydrogen-bond acceptors (Lipinski definition) is 5. The predicted molar refractivity (Wildman–Crippen MR) is 117 cm³/mol. The van der Waals surface area contributed by atoms with Crippen LogP contribution in [0.1, 0.15) is 64.3 Å². The molecule has 1 aromatic heterocycles. The molecule has 0 saturated carbocycles. The third-order valence-electron chi connectivity index (χ3n) is 6.27. The smallest absolute Gasteiger partial charge is 0.328 e. The second kappa shape index (κ2) is 9.56. The van der Waals surface area contributed by atoms with Gasteiger partial charge in [0.15, 0.2) is 0 Å². The second-order valence-electron chi connectivity index (χ2n) is 8.12. The topological polar surface area (TPSA) is 89.9 Å². The Hall–Kier alpha value is -3.13. The molecule has 0 spiro atoms. The number of carbonyl (C=O) groups is 3. The highest BCUT2D eigenvalue weighted by Crippen LogP contribution is 2.27. The largest absolute Gasteiger partial charge is 0.467 e. The summed E-state index contributed by atoms with van der Waals surface area (Å²) >= 11 is 0. The van der Waals surface area contributed by atoms with Crippen molar-refractivity contribution in [2.45, 2.75) is 51.4 Å². The molecule has 1 saturated heterocycles. The number of nitrogens with one attached hydrogen (secondary N) is 1. The molecular weight excluding hydrogens is 410 g/mol. The van der Waals surface area contributed by atoms with Crippen molar-refractivity contribution >= 4 is 17.8 Å². The Morgan fingerprint density at radius 3 is 2.72 bits per heavy atom. The third kappa shape index (κ3) is 4.14. The molecule has 2 aliphatic rings. The van der Waals surface area contributed by atoms with Crippen LogP contribution in [0.2, 0.25) is 0 Å². The van der Waals surface area contributed by atoms with E-state index in [4.69, 9.17) is 9.47 Å². The van der Waals surface area contributed by atoms with Crippen molar-refractivity contribution in [1.82, 2.24) is 14.8 Å². The zero-order valence-corrected chi connectivity index (χ0v) is 18.5. The van der Waals surface area contributed by atoms with Crippen LogP contribution in [0.4, 0.5) is 0 Å². The number of likely N-dealkylation sites (tertiary alicyclic amines) is 1. The van der Waals surface area contributed by atoms with Gasteiger partial charge < -0.3 is 24.3 Å². The summed E-state index contributed by atoms with van der Waals surface area (Å²) in [6.45, 7) is 3.72. The van der Waals surface area contributed by atoms with E-state index in [1.54, 1.807) is 11.0 Å². The lowest BCUT2D eigenvalue weighted by atomic mass is 10.0. The van der Waals surface area contributed by atoms with Crippen molar-refractivity contribution < 1.29 is 23.9 Å². The minimum absolute atomic E-state index is 0.134. The number of nitrogens with zero attached hydrogens (tertiary/aromatic N) is 2. The van der Waals surface area contributed by atoms with E-state index in [2.05, 4.69) is 5.32 Å². The van der Waals surface area contributed by atoms with Crippen LogP contribution in [0.15, 0.2) is 36.4 Å². The van der Waals surface area contributed by atoms with Crippen LogP contribution in [-0.4, -0.2) is 53.6 Å². The Balaban J connectivity index is 1.62. The maximum atomic E-state index is 13.4. The Kier molecular flexibility index (Phi) is 6.60. The zero-order valence-electron chi connectivity index (χ0n) is 18.5. The number of rotatable bonds is 6. The summed E-state index contributed by atoms with van der Waals surface area (Å²) in [7, 11) is 1.33. The van der Waals surface area contributed by atoms with Crippen molar-refractivity contribution in [2.75, 3.05) is 20.3 Å². The van der Waals surface area contributed by atoms with Gasteiger partial charge in [-0.25, -0.2) is 4.79 Å². The molecular formula is C24H29N3O5. The number of amides is 2. The molecule has 0 unspecified atom stereocenters. The molecule has 3 heterocycles. The lowest BCUT2D eigenvalue weighted by Crippen LogP contribution is -2.42. The van der Waals surface area contributed by atoms with E-state index in [-0.39, 0.29) is 24.5 Å². The minimum atomic E-state index is -0.585. The number of hydrogen-bond donors (Lipinski definition) is 1. The molecule has 170 valence electrons. The molecule has 8 heteroatoms. The molecule has 1 fully saturated rings. The summed E-state index contributed by atoms with van der Waals surface area (Å²) in [6.07, 6.45) is 2.06. The van der Waals surface area contributed by atoms with E-state index < -0.39 is 12.0 Å². The van der Waals surface area contributed by atoms with Crippen LogP contribution in [0, 0.1) is 0 Å². The number of ether oxygens (including phenoxy) is 2. The lowest BCUT2D eigenvalue weighted by molar-refractivity contribution is -0.145. The number of esters is 1. The fraction of sp³-hybridized carbons (Fsp3) is 0.458. The molecule has 8 nitrogen and oxygen atoms in total. The van der Waals surface area contributed by atoms with E-state index >= 15 is 0 Å². The van der Waals surface area contributed by atoms with Crippen molar-refractivity contribution in [3.8, 4) is 0 Å². The van der Waals surface area contributed by atoms with E-state index in [9.17, 15) is 14.4 Å². The fourth-order valence-electron chi connectivity index (χ4n) is 4.58. The van der Waals surface area contributed by atoms with Gasteiger partial charge in [0.1, 0.15) is 11.7 Å². The van der Waals surface area contributed by atoms with Gasteiger partial charge >= 0.3 is 5.97 Å². The quantitative estimate of drug-likeness (QED) is 0.699. The van der Waals surface area contributed by atoms with Crippen molar-refractivity contribution in [1.29, 1.82) is 0 Å². The van der Waals surface area contributed by atoms with Crippen molar-refractivity contribution in [2.24, 2.45) is 0 Å². The highest BCUT2D eigenvalue weighted by Gasteiger charge is 2.38. The van der Waals surface area contributed by atoms with Gasteiger partial charge in [0.05, 0.1) is 37.6 Å².